The molecular formula is C15H23N7O3. The molecule has 1 atom stereocenters. The van der Waals surface area contributed by atoms with Crippen molar-refractivity contribution in [1.82, 2.24) is 30.0 Å². The van der Waals surface area contributed by atoms with Crippen LogP contribution in [0.4, 0.5) is 10.6 Å². The van der Waals surface area contributed by atoms with Crippen LogP contribution in [0.15, 0.2) is 10.7 Å². The van der Waals surface area contributed by atoms with Crippen LogP contribution in [0.3, 0.4) is 0 Å². The summed E-state index contributed by atoms with van der Waals surface area (Å²) in [6.45, 7) is 4.45. The second-order valence-corrected chi connectivity index (χ2v) is 5.97. The van der Waals surface area contributed by atoms with Crippen molar-refractivity contribution in [3.63, 3.8) is 0 Å². The number of rotatable bonds is 6. The van der Waals surface area contributed by atoms with Gasteiger partial charge in [0.2, 0.25) is 5.89 Å². The number of urea groups is 1. The maximum Gasteiger partial charge on any atom is 0.323 e. The fraction of sp³-hybridized carbons (Fsp3) is 0.667. The highest BCUT2D eigenvalue weighted by Gasteiger charge is 2.28. The van der Waals surface area contributed by atoms with Gasteiger partial charge in [-0.05, 0) is 19.8 Å². The largest absolute Gasteiger partial charge is 0.384 e. The average Bonchev–Trinajstić information content (AvgIpc) is 3.29. The number of nitrogens with zero attached hydrogens (tertiary/aromatic N) is 6. The Hall–Kier alpha value is -2.49. The molecule has 1 N–H and O–H groups in total. The first-order valence-electron chi connectivity index (χ1n) is 8.47. The van der Waals surface area contributed by atoms with Crippen LogP contribution in [0.2, 0.25) is 0 Å². The standard InChI is InChI=1S/C15H23N7O3/c1-3-22-10-13(18-20-22)17-15(23)21-7-4-5-11(9-21)14-16-12(19-25-14)6-8-24-2/h10-11H,3-9H2,1-2H3,(H,17,23)/t11-/m0/s1. The van der Waals surface area contributed by atoms with Crippen LogP contribution >= 0.6 is 0 Å². The van der Waals surface area contributed by atoms with E-state index in [-0.39, 0.29) is 11.9 Å². The lowest BCUT2D eigenvalue weighted by Gasteiger charge is -2.30. The first-order chi connectivity index (χ1) is 12.2. The van der Waals surface area contributed by atoms with Crippen molar-refractivity contribution in [2.24, 2.45) is 0 Å². The summed E-state index contributed by atoms with van der Waals surface area (Å²) in [4.78, 5) is 18.6. The van der Waals surface area contributed by atoms with Gasteiger partial charge < -0.3 is 14.2 Å². The van der Waals surface area contributed by atoms with E-state index in [2.05, 4.69) is 25.8 Å². The summed E-state index contributed by atoms with van der Waals surface area (Å²) >= 11 is 0. The van der Waals surface area contributed by atoms with Crippen molar-refractivity contribution < 1.29 is 14.1 Å². The fourth-order valence-corrected chi connectivity index (χ4v) is 2.79. The van der Waals surface area contributed by atoms with Crippen LogP contribution in [0.5, 0.6) is 0 Å². The molecule has 1 saturated heterocycles. The summed E-state index contributed by atoms with van der Waals surface area (Å²) in [5.41, 5.74) is 0. The number of methoxy groups -OCH3 is 1. The molecule has 1 aliphatic rings. The van der Waals surface area contributed by atoms with Crippen LogP contribution in [0.1, 0.15) is 37.4 Å². The minimum atomic E-state index is -0.188. The van der Waals surface area contributed by atoms with Crippen molar-refractivity contribution in [2.45, 2.75) is 38.6 Å². The van der Waals surface area contributed by atoms with Gasteiger partial charge in [-0.15, -0.1) is 5.10 Å². The lowest BCUT2D eigenvalue weighted by atomic mass is 9.98. The number of hydrogen-bond acceptors (Lipinski definition) is 7. The van der Waals surface area contributed by atoms with Gasteiger partial charge in [-0.25, -0.2) is 4.79 Å². The normalized spacial score (nSPS) is 17.7. The third-order valence-electron chi connectivity index (χ3n) is 4.17. The number of aromatic nitrogens is 5. The van der Waals surface area contributed by atoms with E-state index in [1.807, 2.05) is 6.92 Å². The van der Waals surface area contributed by atoms with Gasteiger partial charge in [0.15, 0.2) is 11.6 Å². The highest BCUT2D eigenvalue weighted by Crippen LogP contribution is 2.26. The molecule has 136 valence electrons. The Morgan fingerprint density at radius 2 is 2.40 bits per heavy atom. The molecule has 25 heavy (non-hydrogen) atoms. The molecule has 1 fully saturated rings. The van der Waals surface area contributed by atoms with Crippen LogP contribution in [0, 0.1) is 0 Å². The first kappa shape index (κ1) is 17.3. The molecule has 0 aromatic carbocycles. The molecular weight excluding hydrogens is 326 g/mol. The molecule has 0 radical (unpaired) electrons. The number of amides is 2. The van der Waals surface area contributed by atoms with Crippen molar-refractivity contribution in [2.75, 3.05) is 32.1 Å². The molecule has 3 heterocycles. The topological polar surface area (TPSA) is 111 Å². The molecule has 0 saturated carbocycles. The zero-order chi connectivity index (χ0) is 17.6. The van der Waals surface area contributed by atoms with E-state index < -0.39 is 0 Å². The van der Waals surface area contributed by atoms with E-state index in [1.54, 1.807) is 22.9 Å². The molecule has 1 aliphatic heterocycles. The molecule has 0 aliphatic carbocycles. The number of carbonyl (C=O) groups excluding carboxylic acids is 1. The summed E-state index contributed by atoms with van der Waals surface area (Å²) in [6, 6.07) is -0.188. The Balaban J connectivity index is 1.58. The van der Waals surface area contributed by atoms with Gasteiger partial charge in [0.1, 0.15) is 0 Å². The van der Waals surface area contributed by atoms with E-state index in [0.29, 0.717) is 50.2 Å². The second kappa shape index (κ2) is 8.06. The Bertz CT molecular complexity index is 699. The molecule has 10 nitrogen and oxygen atoms in total. The van der Waals surface area contributed by atoms with E-state index in [4.69, 9.17) is 9.26 Å². The van der Waals surface area contributed by atoms with Gasteiger partial charge in [-0.1, -0.05) is 10.4 Å². The van der Waals surface area contributed by atoms with Gasteiger partial charge >= 0.3 is 6.03 Å². The van der Waals surface area contributed by atoms with Crippen molar-refractivity contribution in [3.05, 3.63) is 17.9 Å². The summed E-state index contributed by atoms with van der Waals surface area (Å²) < 4.78 is 12.0. The Morgan fingerprint density at radius 1 is 1.52 bits per heavy atom. The minimum absolute atomic E-state index is 0.0506. The van der Waals surface area contributed by atoms with Crippen molar-refractivity contribution in [1.29, 1.82) is 0 Å². The van der Waals surface area contributed by atoms with E-state index >= 15 is 0 Å². The number of nitrogens with one attached hydrogen (secondary N) is 1. The molecule has 0 spiro atoms. The molecule has 2 amide bonds. The Labute approximate surface area is 145 Å². The van der Waals surface area contributed by atoms with E-state index in [1.165, 1.54) is 0 Å². The summed E-state index contributed by atoms with van der Waals surface area (Å²) in [5, 5.41) is 14.6. The van der Waals surface area contributed by atoms with Crippen LogP contribution in [-0.2, 0) is 17.7 Å². The van der Waals surface area contributed by atoms with Crippen molar-refractivity contribution in [3.8, 4) is 0 Å². The number of anilines is 1. The number of piperidine rings is 1. The predicted molar refractivity (Wildman–Crippen MR) is 88.1 cm³/mol. The number of likely N-dealkylation sites (tertiary alicyclic amines) is 1. The number of carbonyl (C=O) groups is 1. The summed E-state index contributed by atoms with van der Waals surface area (Å²) in [7, 11) is 1.64. The maximum absolute atomic E-state index is 12.4. The highest BCUT2D eigenvalue weighted by molar-refractivity contribution is 5.88. The summed E-state index contributed by atoms with van der Waals surface area (Å²) in [5.74, 6) is 1.72. The predicted octanol–water partition coefficient (Wildman–Crippen LogP) is 1.28. The second-order valence-electron chi connectivity index (χ2n) is 5.97. The molecule has 2 aromatic rings. The van der Waals surface area contributed by atoms with Crippen LogP contribution in [-0.4, -0.2) is 62.9 Å². The van der Waals surface area contributed by atoms with Gasteiger partial charge in [0.05, 0.1) is 18.7 Å². The van der Waals surface area contributed by atoms with Crippen LogP contribution in [0.25, 0.3) is 0 Å². The van der Waals surface area contributed by atoms with Crippen LogP contribution < -0.4 is 5.32 Å². The molecule has 0 bridgehead atoms. The smallest absolute Gasteiger partial charge is 0.323 e. The van der Waals surface area contributed by atoms with Gasteiger partial charge in [0.25, 0.3) is 0 Å². The fourth-order valence-electron chi connectivity index (χ4n) is 2.79. The molecule has 10 heteroatoms. The number of aryl methyl sites for hydroxylation is 1. The average molecular weight is 349 g/mol. The number of ether oxygens (including phenoxy) is 1. The molecule has 3 rings (SSSR count). The van der Waals surface area contributed by atoms with E-state index in [0.717, 1.165) is 12.8 Å². The maximum atomic E-state index is 12.4. The van der Waals surface area contributed by atoms with E-state index in [9.17, 15) is 4.79 Å². The Morgan fingerprint density at radius 3 is 3.16 bits per heavy atom. The lowest BCUT2D eigenvalue weighted by Crippen LogP contribution is -2.41. The monoisotopic (exact) mass is 349 g/mol. The zero-order valence-electron chi connectivity index (χ0n) is 14.5. The third kappa shape index (κ3) is 4.32. The SMILES string of the molecule is CCn1cc(NC(=O)N2CCC[C@H](c3nc(CCOC)no3)C2)nn1. The van der Waals surface area contributed by atoms with Gasteiger partial charge in [0, 0.05) is 33.2 Å². The molecule has 0 unspecified atom stereocenters. The zero-order valence-corrected chi connectivity index (χ0v) is 14.5. The van der Waals surface area contributed by atoms with Crippen molar-refractivity contribution >= 4 is 11.8 Å². The van der Waals surface area contributed by atoms with Gasteiger partial charge in [-0.2, -0.15) is 4.98 Å². The molecule has 2 aromatic heterocycles. The lowest BCUT2D eigenvalue weighted by molar-refractivity contribution is 0.183. The third-order valence-corrected chi connectivity index (χ3v) is 4.17. The van der Waals surface area contributed by atoms with Gasteiger partial charge in [-0.3, -0.25) is 10.00 Å². The Kier molecular flexibility index (Phi) is 5.59. The summed E-state index contributed by atoms with van der Waals surface area (Å²) in [6.07, 6.45) is 4.13. The highest BCUT2D eigenvalue weighted by atomic mass is 16.5. The number of hydrogen-bond donors (Lipinski definition) is 1. The quantitative estimate of drug-likeness (QED) is 0.836. The first-order valence-corrected chi connectivity index (χ1v) is 8.47. The minimum Gasteiger partial charge on any atom is -0.384 e.